The molecule has 2 N–H and O–H groups in total. The first kappa shape index (κ1) is 26.4. The van der Waals surface area contributed by atoms with Crippen molar-refractivity contribution in [3.8, 4) is 28.3 Å². The molecule has 0 amide bonds. The summed E-state index contributed by atoms with van der Waals surface area (Å²) in [5.41, 5.74) is 17.1. The van der Waals surface area contributed by atoms with Gasteiger partial charge in [-0.2, -0.15) is 5.26 Å². The van der Waals surface area contributed by atoms with Gasteiger partial charge in [0.1, 0.15) is 6.04 Å². The van der Waals surface area contributed by atoms with Gasteiger partial charge in [0, 0.05) is 0 Å². The van der Waals surface area contributed by atoms with Crippen LogP contribution in [0.15, 0.2) is 158 Å². The van der Waals surface area contributed by atoms with Crippen molar-refractivity contribution < 1.29 is 0 Å². The monoisotopic (exact) mass is 550 g/mol. The number of nitrogens with two attached hydrogens (primary N) is 1. The van der Waals surface area contributed by atoms with Crippen LogP contribution in [0.25, 0.3) is 38.6 Å². The molecule has 0 saturated carbocycles. The second kappa shape index (κ2) is 10.7. The molecule has 0 aromatic heterocycles. The van der Waals surface area contributed by atoms with E-state index in [0.717, 1.165) is 22.3 Å². The topological polar surface area (TPSA) is 49.8 Å². The van der Waals surface area contributed by atoms with E-state index in [4.69, 9.17) is 5.73 Å². The minimum absolute atomic E-state index is 0.455. The third kappa shape index (κ3) is 4.22. The highest BCUT2D eigenvalue weighted by atomic mass is 14.6. The molecule has 2 heteroatoms. The Morgan fingerprint density at radius 1 is 0.698 bits per heavy atom. The van der Waals surface area contributed by atoms with Gasteiger partial charge in [0.15, 0.2) is 0 Å². The largest absolute Gasteiger partial charge is 0.313 e. The summed E-state index contributed by atoms with van der Waals surface area (Å²) in [6.07, 6.45) is 3.51. The molecule has 1 atom stereocenters. The quantitative estimate of drug-likeness (QED) is 0.210. The highest BCUT2D eigenvalue weighted by Crippen LogP contribution is 2.58. The van der Waals surface area contributed by atoms with Gasteiger partial charge in [-0.25, -0.2) is 0 Å². The Balaban J connectivity index is 1.52. The number of hydrogen-bond donors (Lipinski definition) is 1. The van der Waals surface area contributed by atoms with Gasteiger partial charge in [0.25, 0.3) is 0 Å². The first-order chi connectivity index (χ1) is 21.1. The van der Waals surface area contributed by atoms with E-state index in [0.29, 0.717) is 0 Å². The van der Waals surface area contributed by atoms with E-state index >= 15 is 0 Å². The molecule has 0 radical (unpaired) electrons. The van der Waals surface area contributed by atoms with Crippen LogP contribution in [0.3, 0.4) is 0 Å². The van der Waals surface area contributed by atoms with Crippen molar-refractivity contribution in [2.75, 3.05) is 0 Å². The van der Waals surface area contributed by atoms with Crippen LogP contribution in [0.1, 0.15) is 27.8 Å². The Bertz CT molecular complexity index is 2020. The zero-order valence-corrected chi connectivity index (χ0v) is 23.7. The molecule has 1 aliphatic rings. The second-order valence-electron chi connectivity index (χ2n) is 11.0. The molecular weight excluding hydrogens is 520 g/mol. The molecule has 43 heavy (non-hydrogen) atoms. The average Bonchev–Trinajstić information content (AvgIpc) is 3.38. The number of benzene rings is 6. The lowest BCUT2D eigenvalue weighted by atomic mass is 9.67. The van der Waals surface area contributed by atoms with E-state index in [-0.39, 0.29) is 0 Å². The van der Waals surface area contributed by atoms with E-state index in [1.54, 1.807) is 12.2 Å². The lowest BCUT2D eigenvalue weighted by molar-refractivity contribution is 0.769. The molecule has 0 spiro atoms. The van der Waals surface area contributed by atoms with Crippen LogP contribution in [0.2, 0.25) is 0 Å². The fourth-order valence-electron chi connectivity index (χ4n) is 6.83. The van der Waals surface area contributed by atoms with Crippen molar-refractivity contribution in [1.82, 2.24) is 0 Å². The van der Waals surface area contributed by atoms with Crippen molar-refractivity contribution in [2.24, 2.45) is 5.73 Å². The molecule has 204 valence electrons. The number of rotatable bonds is 6. The van der Waals surface area contributed by atoms with Crippen LogP contribution < -0.4 is 5.73 Å². The summed E-state index contributed by atoms with van der Waals surface area (Å²) in [4.78, 5) is 0. The summed E-state index contributed by atoms with van der Waals surface area (Å²) in [5.74, 6) is 0. The van der Waals surface area contributed by atoms with Gasteiger partial charge in [-0.15, -0.1) is 0 Å². The minimum Gasteiger partial charge on any atom is -0.313 e. The van der Waals surface area contributed by atoms with Gasteiger partial charge in [0.2, 0.25) is 0 Å². The SMILES string of the molecule is C=C/C(=C\C(N)C#N)c1cccc(-c2ccc3c(c2)-c2c(ccc4ccccc24)C3(c2ccccc2)c2ccccc2)c1. The summed E-state index contributed by atoms with van der Waals surface area (Å²) in [6, 6.07) is 51.7. The number of allylic oxidation sites excluding steroid dienone is 2. The van der Waals surface area contributed by atoms with Crippen LogP contribution in [0, 0.1) is 11.3 Å². The Kier molecular flexibility index (Phi) is 6.59. The molecule has 0 fully saturated rings. The summed E-state index contributed by atoms with van der Waals surface area (Å²) < 4.78 is 0. The Hall–Kier alpha value is -5.49. The molecule has 6 aromatic rings. The maximum absolute atomic E-state index is 9.26. The third-order valence-electron chi connectivity index (χ3n) is 8.70. The van der Waals surface area contributed by atoms with Gasteiger partial charge < -0.3 is 5.73 Å². The summed E-state index contributed by atoms with van der Waals surface area (Å²) in [7, 11) is 0. The number of nitriles is 1. The Labute approximate surface area is 252 Å². The third-order valence-corrected chi connectivity index (χ3v) is 8.70. The molecule has 1 unspecified atom stereocenters. The molecule has 0 saturated heterocycles. The number of fused-ring (bicyclic) bond motifs is 5. The summed E-state index contributed by atoms with van der Waals surface area (Å²) >= 11 is 0. The second-order valence-corrected chi connectivity index (χ2v) is 11.0. The molecule has 0 bridgehead atoms. The zero-order valence-electron chi connectivity index (χ0n) is 23.7. The van der Waals surface area contributed by atoms with Gasteiger partial charge in [-0.1, -0.05) is 140 Å². The standard InChI is InChI=1S/C41H30N2/c1-2-28(25-35(43)27-42)30-13-11-14-31(24-30)32-21-22-38-37(26-32)40-36-19-10-9-12-29(36)20-23-39(40)41(38,33-15-5-3-6-16-33)34-17-7-4-8-18-34/h2-26,35H,1,43H2/b28-25+. The van der Waals surface area contributed by atoms with Gasteiger partial charge in [0.05, 0.1) is 11.5 Å². The molecule has 0 heterocycles. The Morgan fingerprint density at radius 2 is 1.35 bits per heavy atom. The number of nitrogens with zero attached hydrogens (tertiary/aromatic N) is 1. The van der Waals surface area contributed by atoms with Crippen LogP contribution in [0.4, 0.5) is 0 Å². The molecule has 7 rings (SSSR count). The first-order valence-corrected chi connectivity index (χ1v) is 14.5. The predicted molar refractivity (Wildman–Crippen MR) is 178 cm³/mol. The van der Waals surface area contributed by atoms with Crippen LogP contribution in [-0.2, 0) is 5.41 Å². The highest BCUT2D eigenvalue weighted by Gasteiger charge is 2.46. The average molecular weight is 551 g/mol. The summed E-state index contributed by atoms with van der Waals surface area (Å²) in [5, 5.41) is 11.7. The van der Waals surface area contributed by atoms with E-state index in [9.17, 15) is 5.26 Å². The van der Waals surface area contributed by atoms with Gasteiger partial charge >= 0.3 is 0 Å². The fourth-order valence-corrected chi connectivity index (χ4v) is 6.83. The smallest absolute Gasteiger partial charge is 0.112 e. The van der Waals surface area contributed by atoms with E-state index in [1.807, 2.05) is 6.07 Å². The first-order valence-electron chi connectivity index (χ1n) is 14.5. The highest BCUT2D eigenvalue weighted by molar-refractivity contribution is 6.04. The van der Waals surface area contributed by atoms with Crippen LogP contribution in [0.5, 0.6) is 0 Å². The predicted octanol–water partition coefficient (Wildman–Crippen LogP) is 9.29. The van der Waals surface area contributed by atoms with E-state index in [1.165, 1.54) is 44.2 Å². The van der Waals surface area contributed by atoms with Gasteiger partial charge in [-0.3, -0.25) is 0 Å². The maximum Gasteiger partial charge on any atom is 0.112 e. The molecule has 2 nitrogen and oxygen atoms in total. The lowest BCUT2D eigenvalue weighted by Gasteiger charge is -2.34. The van der Waals surface area contributed by atoms with Crippen molar-refractivity contribution in [3.63, 3.8) is 0 Å². The normalized spacial score (nSPS) is 14.0. The van der Waals surface area contributed by atoms with Crippen molar-refractivity contribution in [2.45, 2.75) is 11.5 Å². The zero-order chi connectivity index (χ0) is 29.4. The van der Waals surface area contributed by atoms with Gasteiger partial charge in [-0.05, 0) is 84.6 Å². The van der Waals surface area contributed by atoms with Crippen molar-refractivity contribution in [1.29, 1.82) is 5.26 Å². The van der Waals surface area contributed by atoms with Crippen LogP contribution in [-0.4, -0.2) is 6.04 Å². The molecule has 6 aromatic carbocycles. The van der Waals surface area contributed by atoms with E-state index in [2.05, 4.69) is 146 Å². The van der Waals surface area contributed by atoms with Crippen molar-refractivity contribution >= 4 is 16.3 Å². The Morgan fingerprint density at radius 3 is 2.05 bits per heavy atom. The lowest BCUT2D eigenvalue weighted by Crippen LogP contribution is -2.28. The summed E-state index contributed by atoms with van der Waals surface area (Å²) in [6.45, 7) is 3.97. The minimum atomic E-state index is -0.689. The molecule has 1 aliphatic carbocycles. The molecular formula is C41H30N2. The van der Waals surface area contributed by atoms with E-state index < -0.39 is 11.5 Å². The number of hydrogen-bond acceptors (Lipinski definition) is 2. The fraction of sp³-hybridized carbons (Fsp3) is 0.0488. The maximum atomic E-state index is 9.26. The molecule has 0 aliphatic heterocycles. The van der Waals surface area contributed by atoms with Crippen molar-refractivity contribution in [3.05, 3.63) is 186 Å². The van der Waals surface area contributed by atoms with Crippen LogP contribution >= 0.6 is 0 Å².